The molecule has 0 N–H and O–H groups in total. The fourth-order valence-electron chi connectivity index (χ4n) is 1.23. The molecular weight excluding hydrogens is 176 g/mol. The van der Waals surface area contributed by atoms with E-state index in [9.17, 15) is 0 Å². The molecule has 0 radical (unpaired) electrons. The second-order valence-corrected chi connectivity index (χ2v) is 3.21. The summed E-state index contributed by atoms with van der Waals surface area (Å²) in [4.78, 5) is 0. The van der Waals surface area contributed by atoms with Gasteiger partial charge in [0.15, 0.2) is 0 Å². The van der Waals surface area contributed by atoms with Crippen LogP contribution in [0.2, 0.25) is 0 Å². The number of ether oxygens (including phenoxy) is 2. The summed E-state index contributed by atoms with van der Waals surface area (Å²) in [6.45, 7) is 3.78. The number of methoxy groups -OCH3 is 1. The van der Waals surface area contributed by atoms with Gasteiger partial charge in [-0.3, -0.25) is 0 Å². The second-order valence-electron chi connectivity index (χ2n) is 3.21. The van der Waals surface area contributed by atoms with Gasteiger partial charge in [0.1, 0.15) is 5.75 Å². The van der Waals surface area contributed by atoms with Crippen LogP contribution in [0, 0.1) is 0 Å². The fourth-order valence-corrected chi connectivity index (χ4v) is 1.23. The fraction of sp³-hybridized carbons (Fsp3) is 0.500. The molecule has 0 aliphatic heterocycles. The lowest BCUT2D eigenvalue weighted by molar-refractivity contribution is 0.138. The topological polar surface area (TPSA) is 18.5 Å². The minimum absolute atomic E-state index is 0.806. The Morgan fingerprint density at radius 2 is 1.79 bits per heavy atom. The van der Waals surface area contributed by atoms with Crippen molar-refractivity contribution in [3.05, 3.63) is 29.8 Å². The summed E-state index contributed by atoms with van der Waals surface area (Å²) < 4.78 is 10.5. The molecule has 14 heavy (non-hydrogen) atoms. The number of hydrogen-bond acceptors (Lipinski definition) is 2. The first-order valence-electron chi connectivity index (χ1n) is 5.07. The van der Waals surface area contributed by atoms with Crippen molar-refractivity contribution < 1.29 is 9.47 Å². The van der Waals surface area contributed by atoms with Gasteiger partial charge in [-0.25, -0.2) is 0 Å². The van der Waals surface area contributed by atoms with E-state index in [0.717, 1.165) is 31.8 Å². The van der Waals surface area contributed by atoms with Crippen LogP contribution in [0.3, 0.4) is 0 Å². The van der Waals surface area contributed by atoms with E-state index >= 15 is 0 Å². The van der Waals surface area contributed by atoms with Crippen LogP contribution in [0.1, 0.15) is 18.9 Å². The molecule has 0 aliphatic rings. The summed E-state index contributed by atoms with van der Waals surface area (Å²) >= 11 is 0. The Kier molecular flexibility index (Phi) is 5.08. The summed E-state index contributed by atoms with van der Waals surface area (Å²) in [7, 11) is 1.68. The average Bonchev–Trinajstić information content (AvgIpc) is 2.25. The Balaban J connectivity index is 2.29. The lowest BCUT2D eigenvalue weighted by Gasteiger charge is -2.04. The van der Waals surface area contributed by atoms with Crippen LogP contribution in [0.4, 0.5) is 0 Å². The molecule has 0 aliphatic carbocycles. The normalized spacial score (nSPS) is 10.1. The minimum Gasteiger partial charge on any atom is -0.497 e. The maximum absolute atomic E-state index is 5.41. The first-order valence-corrected chi connectivity index (χ1v) is 5.07. The molecule has 78 valence electrons. The van der Waals surface area contributed by atoms with Crippen LogP contribution in [0.15, 0.2) is 24.3 Å². The molecule has 1 rings (SSSR count). The van der Waals surface area contributed by atoms with Gasteiger partial charge in [0, 0.05) is 6.61 Å². The van der Waals surface area contributed by atoms with E-state index < -0.39 is 0 Å². The molecule has 0 amide bonds. The van der Waals surface area contributed by atoms with Crippen molar-refractivity contribution in [2.75, 3.05) is 20.3 Å². The van der Waals surface area contributed by atoms with Crippen LogP contribution in [-0.4, -0.2) is 20.3 Å². The molecule has 0 saturated carbocycles. The first kappa shape index (κ1) is 11.1. The minimum atomic E-state index is 0.806. The third kappa shape index (κ3) is 3.79. The molecule has 0 fully saturated rings. The van der Waals surface area contributed by atoms with Crippen LogP contribution in [0.25, 0.3) is 0 Å². The Labute approximate surface area is 85.8 Å². The zero-order valence-electron chi connectivity index (χ0n) is 8.95. The molecule has 0 heterocycles. The van der Waals surface area contributed by atoms with Crippen molar-refractivity contribution in [2.45, 2.75) is 19.8 Å². The molecule has 0 atom stereocenters. The third-order valence-electron chi connectivity index (χ3n) is 2.04. The summed E-state index contributed by atoms with van der Waals surface area (Å²) in [5.74, 6) is 0.906. The molecule has 1 aromatic carbocycles. The molecule has 0 unspecified atom stereocenters. The molecule has 0 bridgehead atoms. The maximum Gasteiger partial charge on any atom is 0.118 e. The Bertz CT molecular complexity index is 241. The quantitative estimate of drug-likeness (QED) is 0.648. The van der Waals surface area contributed by atoms with E-state index in [1.807, 2.05) is 12.1 Å². The predicted octanol–water partition coefficient (Wildman–Crippen LogP) is 2.66. The monoisotopic (exact) mass is 194 g/mol. The standard InChI is InChI=1S/C12H18O2/c1-3-9-14-10-8-11-4-6-12(13-2)7-5-11/h4-7H,3,8-10H2,1-2H3. The Morgan fingerprint density at radius 3 is 2.36 bits per heavy atom. The van der Waals surface area contributed by atoms with Gasteiger partial charge in [0.25, 0.3) is 0 Å². The number of benzene rings is 1. The van der Waals surface area contributed by atoms with Crippen molar-refractivity contribution in [3.8, 4) is 5.75 Å². The molecule has 1 aromatic rings. The molecular formula is C12H18O2. The highest BCUT2D eigenvalue weighted by Gasteiger charge is 1.94. The van der Waals surface area contributed by atoms with Crippen LogP contribution in [-0.2, 0) is 11.2 Å². The molecule has 0 spiro atoms. The first-order chi connectivity index (χ1) is 6.86. The van der Waals surface area contributed by atoms with Crippen LogP contribution in [0.5, 0.6) is 5.75 Å². The highest BCUT2D eigenvalue weighted by molar-refractivity contribution is 5.27. The van der Waals surface area contributed by atoms with Crippen molar-refractivity contribution in [1.82, 2.24) is 0 Å². The summed E-state index contributed by atoms with van der Waals surface area (Å²) in [6.07, 6.45) is 2.06. The molecule has 2 heteroatoms. The van der Waals surface area contributed by atoms with Gasteiger partial charge in [-0.05, 0) is 30.5 Å². The molecule has 2 nitrogen and oxygen atoms in total. The largest absolute Gasteiger partial charge is 0.497 e. The average molecular weight is 194 g/mol. The van der Waals surface area contributed by atoms with Crippen LogP contribution < -0.4 is 4.74 Å². The summed E-state index contributed by atoms with van der Waals surface area (Å²) in [5.41, 5.74) is 1.29. The van der Waals surface area contributed by atoms with Crippen LogP contribution >= 0.6 is 0 Å². The van der Waals surface area contributed by atoms with Crippen molar-refractivity contribution >= 4 is 0 Å². The number of rotatable bonds is 6. The summed E-state index contributed by atoms with van der Waals surface area (Å²) in [6, 6.07) is 8.12. The van der Waals surface area contributed by atoms with E-state index in [2.05, 4.69) is 19.1 Å². The van der Waals surface area contributed by atoms with E-state index in [1.165, 1.54) is 5.56 Å². The third-order valence-corrected chi connectivity index (χ3v) is 2.04. The number of hydrogen-bond donors (Lipinski definition) is 0. The summed E-state index contributed by atoms with van der Waals surface area (Å²) in [5, 5.41) is 0. The SMILES string of the molecule is CCCOCCc1ccc(OC)cc1. The Hall–Kier alpha value is -1.02. The van der Waals surface area contributed by atoms with Gasteiger partial charge >= 0.3 is 0 Å². The molecule has 0 aromatic heterocycles. The Morgan fingerprint density at radius 1 is 1.07 bits per heavy atom. The lowest BCUT2D eigenvalue weighted by Crippen LogP contribution is -1.99. The lowest BCUT2D eigenvalue weighted by atomic mass is 10.1. The zero-order valence-corrected chi connectivity index (χ0v) is 8.95. The van der Waals surface area contributed by atoms with Crippen molar-refractivity contribution in [2.24, 2.45) is 0 Å². The highest BCUT2D eigenvalue weighted by Crippen LogP contribution is 2.11. The highest BCUT2D eigenvalue weighted by atomic mass is 16.5. The van der Waals surface area contributed by atoms with E-state index in [0.29, 0.717) is 0 Å². The van der Waals surface area contributed by atoms with Gasteiger partial charge in [0.2, 0.25) is 0 Å². The maximum atomic E-state index is 5.41. The zero-order chi connectivity index (χ0) is 10.2. The van der Waals surface area contributed by atoms with Gasteiger partial charge in [-0.15, -0.1) is 0 Å². The van der Waals surface area contributed by atoms with Crippen molar-refractivity contribution in [3.63, 3.8) is 0 Å². The van der Waals surface area contributed by atoms with Gasteiger partial charge in [0.05, 0.1) is 13.7 Å². The van der Waals surface area contributed by atoms with E-state index in [1.54, 1.807) is 7.11 Å². The molecule has 0 saturated heterocycles. The predicted molar refractivity (Wildman–Crippen MR) is 57.8 cm³/mol. The van der Waals surface area contributed by atoms with Gasteiger partial charge in [-0.1, -0.05) is 19.1 Å². The smallest absolute Gasteiger partial charge is 0.118 e. The van der Waals surface area contributed by atoms with E-state index in [4.69, 9.17) is 9.47 Å². The van der Waals surface area contributed by atoms with E-state index in [-0.39, 0.29) is 0 Å². The van der Waals surface area contributed by atoms with Crippen molar-refractivity contribution in [1.29, 1.82) is 0 Å². The van der Waals surface area contributed by atoms with Gasteiger partial charge in [-0.2, -0.15) is 0 Å². The van der Waals surface area contributed by atoms with Gasteiger partial charge < -0.3 is 9.47 Å². The second kappa shape index (κ2) is 6.44.